The van der Waals surface area contributed by atoms with Crippen molar-refractivity contribution in [1.82, 2.24) is 10.3 Å². The van der Waals surface area contributed by atoms with Gasteiger partial charge >= 0.3 is 5.97 Å². The van der Waals surface area contributed by atoms with Crippen LogP contribution in [0.3, 0.4) is 0 Å². The minimum atomic E-state index is -0.434. The number of esters is 1. The van der Waals surface area contributed by atoms with Crippen molar-refractivity contribution < 1.29 is 14.3 Å². The first-order valence-electron chi connectivity index (χ1n) is 8.45. The van der Waals surface area contributed by atoms with E-state index in [1.807, 2.05) is 18.2 Å². The van der Waals surface area contributed by atoms with Gasteiger partial charge in [-0.3, -0.25) is 0 Å². The molecule has 132 valence electrons. The van der Waals surface area contributed by atoms with Crippen LogP contribution in [0.4, 0.5) is 11.5 Å². The number of piperazine rings is 1. The van der Waals surface area contributed by atoms with Gasteiger partial charge in [-0.1, -0.05) is 0 Å². The molecule has 0 atom stereocenters. The van der Waals surface area contributed by atoms with Crippen LogP contribution in [0.2, 0.25) is 0 Å². The number of nitrogens with one attached hydrogen (secondary N) is 2. The monoisotopic (exact) mass is 351 g/mol. The first-order chi connectivity index (χ1) is 12.7. The van der Waals surface area contributed by atoms with Crippen LogP contribution in [-0.4, -0.2) is 44.2 Å². The van der Waals surface area contributed by atoms with Gasteiger partial charge in [0.15, 0.2) is 11.3 Å². The van der Waals surface area contributed by atoms with Crippen LogP contribution >= 0.6 is 0 Å². The Hall–Kier alpha value is -3.15. The van der Waals surface area contributed by atoms with Crippen LogP contribution in [0.25, 0.3) is 6.08 Å². The van der Waals surface area contributed by atoms with Crippen LogP contribution < -0.4 is 20.3 Å². The Labute approximate surface area is 151 Å². The quantitative estimate of drug-likeness (QED) is 0.646. The smallest absolute Gasteiger partial charge is 0.341 e. The number of pyridine rings is 1. The number of carbonyl (C=O) groups is 1. The SMILES string of the molecule is COC(=O)c1ccc(N2CCNCC2)cc1Oc1cnc2c(c1)C=[C+]N2. The molecule has 4 rings (SSSR count). The molecule has 0 radical (unpaired) electrons. The largest absolute Gasteiger partial charge is 0.465 e. The van der Waals surface area contributed by atoms with Gasteiger partial charge in [0, 0.05) is 37.9 Å². The summed E-state index contributed by atoms with van der Waals surface area (Å²) < 4.78 is 10.9. The summed E-state index contributed by atoms with van der Waals surface area (Å²) in [7, 11) is 1.36. The molecule has 2 N–H and O–H groups in total. The molecule has 1 fully saturated rings. The first-order valence-corrected chi connectivity index (χ1v) is 8.45. The van der Waals surface area contributed by atoms with E-state index in [1.54, 1.807) is 18.3 Å². The van der Waals surface area contributed by atoms with E-state index < -0.39 is 5.97 Å². The van der Waals surface area contributed by atoms with Crippen molar-refractivity contribution in [2.45, 2.75) is 0 Å². The molecule has 0 spiro atoms. The van der Waals surface area contributed by atoms with Gasteiger partial charge in [-0.2, -0.15) is 10.3 Å². The van der Waals surface area contributed by atoms with E-state index in [0.717, 1.165) is 43.2 Å². The number of nitrogens with zero attached hydrogens (tertiary/aromatic N) is 2. The summed E-state index contributed by atoms with van der Waals surface area (Å²) in [6.45, 7) is 3.67. The average molecular weight is 351 g/mol. The molecule has 0 amide bonds. The summed E-state index contributed by atoms with van der Waals surface area (Å²) in [6, 6.07) is 7.40. The van der Waals surface area contributed by atoms with Gasteiger partial charge in [0.25, 0.3) is 5.82 Å². The van der Waals surface area contributed by atoms with E-state index in [0.29, 0.717) is 17.1 Å². The molecule has 0 bridgehead atoms. The molecule has 7 heteroatoms. The number of hydrogen-bond acceptors (Lipinski definition) is 7. The summed E-state index contributed by atoms with van der Waals surface area (Å²) >= 11 is 0. The van der Waals surface area contributed by atoms with Crippen molar-refractivity contribution in [2.24, 2.45) is 0 Å². The Morgan fingerprint density at radius 1 is 1.27 bits per heavy atom. The van der Waals surface area contributed by atoms with Crippen LogP contribution in [0, 0.1) is 6.20 Å². The Morgan fingerprint density at radius 2 is 2.12 bits per heavy atom. The second kappa shape index (κ2) is 7.00. The lowest BCUT2D eigenvalue weighted by molar-refractivity contribution is 0.0598. The van der Waals surface area contributed by atoms with Gasteiger partial charge in [0.05, 0.1) is 19.4 Å². The highest BCUT2D eigenvalue weighted by molar-refractivity contribution is 5.93. The third-order valence-corrected chi connectivity index (χ3v) is 4.39. The van der Waals surface area contributed by atoms with Crippen molar-refractivity contribution in [1.29, 1.82) is 0 Å². The minimum absolute atomic E-state index is 0.382. The van der Waals surface area contributed by atoms with E-state index >= 15 is 0 Å². The van der Waals surface area contributed by atoms with Gasteiger partial charge in [0.2, 0.25) is 0 Å². The summed E-state index contributed by atoms with van der Waals surface area (Å²) in [4.78, 5) is 18.7. The van der Waals surface area contributed by atoms with Gasteiger partial charge in [-0.15, -0.1) is 0 Å². The minimum Gasteiger partial charge on any atom is -0.465 e. The van der Waals surface area contributed by atoms with E-state index in [9.17, 15) is 4.79 Å². The molecule has 0 aliphatic carbocycles. The lowest BCUT2D eigenvalue weighted by Crippen LogP contribution is -2.43. The number of anilines is 2. The zero-order chi connectivity index (χ0) is 17.9. The number of aromatic nitrogens is 1. The zero-order valence-electron chi connectivity index (χ0n) is 14.4. The standard InChI is InChI=1S/C19H19N4O3/c1-25-19(24)16-3-2-14(23-8-6-20-7-9-23)11-17(16)26-15-10-13-4-5-21-18(13)22-12-15/h2-4,10-12,20H,6-9H2,1H3,(H,21,22)/q+1. The number of rotatable bonds is 4. The number of benzene rings is 1. The van der Waals surface area contributed by atoms with E-state index in [-0.39, 0.29) is 0 Å². The number of carbonyl (C=O) groups excluding carboxylic acids is 1. The molecule has 26 heavy (non-hydrogen) atoms. The Bertz CT molecular complexity index is 860. The number of ether oxygens (including phenoxy) is 2. The third kappa shape index (κ3) is 3.18. The van der Waals surface area contributed by atoms with Crippen molar-refractivity contribution in [3.05, 3.63) is 47.8 Å². The summed E-state index contributed by atoms with van der Waals surface area (Å²) in [6.07, 6.45) is 6.31. The fourth-order valence-corrected chi connectivity index (χ4v) is 3.03. The maximum absolute atomic E-state index is 12.1. The molecule has 7 nitrogen and oxygen atoms in total. The molecule has 1 aromatic heterocycles. The third-order valence-electron chi connectivity index (χ3n) is 4.39. The Morgan fingerprint density at radius 3 is 2.92 bits per heavy atom. The normalized spacial score (nSPS) is 15.0. The Kier molecular flexibility index (Phi) is 4.39. The maximum Gasteiger partial charge on any atom is 0.341 e. The number of fused-ring (bicyclic) bond motifs is 1. The van der Waals surface area contributed by atoms with Gasteiger partial charge in [-0.25, -0.2) is 4.79 Å². The lowest BCUT2D eigenvalue weighted by Gasteiger charge is -2.29. The first kappa shape index (κ1) is 16.3. The van der Waals surface area contributed by atoms with Gasteiger partial charge in [-0.05, 0) is 12.1 Å². The summed E-state index contributed by atoms with van der Waals surface area (Å²) in [5.41, 5.74) is 2.28. The predicted octanol–water partition coefficient (Wildman–Crippen LogP) is 2.27. The van der Waals surface area contributed by atoms with Crippen molar-refractivity contribution >= 4 is 23.6 Å². The maximum atomic E-state index is 12.1. The average Bonchev–Trinajstić information content (AvgIpc) is 3.16. The molecular formula is C19H19N4O3+. The molecule has 1 saturated heterocycles. The molecule has 1 aromatic carbocycles. The topological polar surface area (TPSA) is 75.7 Å². The Balaban J connectivity index is 1.67. The fourth-order valence-electron chi connectivity index (χ4n) is 3.03. The number of methoxy groups -OCH3 is 1. The van der Waals surface area contributed by atoms with Crippen LogP contribution in [0.1, 0.15) is 15.9 Å². The highest BCUT2D eigenvalue weighted by Crippen LogP contribution is 2.32. The number of hydrogen-bond donors (Lipinski definition) is 2. The van der Waals surface area contributed by atoms with Crippen molar-refractivity contribution in [3.63, 3.8) is 0 Å². The molecule has 2 aromatic rings. The summed E-state index contributed by atoms with van der Waals surface area (Å²) in [5.74, 6) is 1.30. The van der Waals surface area contributed by atoms with Crippen LogP contribution in [0.15, 0.2) is 30.5 Å². The highest BCUT2D eigenvalue weighted by atomic mass is 16.5. The van der Waals surface area contributed by atoms with Crippen molar-refractivity contribution in [2.75, 3.05) is 43.5 Å². The molecular weight excluding hydrogens is 332 g/mol. The zero-order valence-corrected chi connectivity index (χ0v) is 14.4. The second-order valence-electron chi connectivity index (χ2n) is 6.03. The van der Waals surface area contributed by atoms with E-state index in [2.05, 4.69) is 26.7 Å². The molecule has 0 unspecified atom stereocenters. The second-order valence-corrected chi connectivity index (χ2v) is 6.03. The highest BCUT2D eigenvalue weighted by Gasteiger charge is 2.21. The molecule has 2 aliphatic heterocycles. The van der Waals surface area contributed by atoms with Crippen LogP contribution in [-0.2, 0) is 4.74 Å². The lowest BCUT2D eigenvalue weighted by atomic mass is 10.1. The molecule has 2 aliphatic rings. The fraction of sp³-hybridized carbons (Fsp3) is 0.263. The van der Waals surface area contributed by atoms with Crippen LogP contribution in [0.5, 0.6) is 11.5 Å². The molecule has 3 heterocycles. The van der Waals surface area contributed by atoms with Crippen molar-refractivity contribution in [3.8, 4) is 11.5 Å². The van der Waals surface area contributed by atoms with Gasteiger partial charge in [0.1, 0.15) is 23.6 Å². The van der Waals surface area contributed by atoms with E-state index in [4.69, 9.17) is 9.47 Å². The predicted molar refractivity (Wildman–Crippen MR) is 98.5 cm³/mol. The molecule has 0 saturated carbocycles. The summed E-state index contributed by atoms with van der Waals surface area (Å²) in [5, 5.41) is 6.25. The van der Waals surface area contributed by atoms with E-state index in [1.165, 1.54) is 7.11 Å². The van der Waals surface area contributed by atoms with Gasteiger partial charge < -0.3 is 19.7 Å².